The van der Waals surface area contributed by atoms with E-state index in [1.807, 2.05) is 20.8 Å². The van der Waals surface area contributed by atoms with Gasteiger partial charge in [0.05, 0.1) is 0 Å². The van der Waals surface area contributed by atoms with E-state index in [-0.39, 0.29) is 12.1 Å². The van der Waals surface area contributed by atoms with Crippen LogP contribution in [0.25, 0.3) is 0 Å². The third-order valence-corrected chi connectivity index (χ3v) is 2.72. The number of hydrogen-bond donors (Lipinski definition) is 2. The van der Waals surface area contributed by atoms with E-state index in [0.717, 1.165) is 19.3 Å². The molecule has 2 atom stereocenters. The number of carbonyl (C=O) groups is 1. The van der Waals surface area contributed by atoms with Gasteiger partial charge in [-0.15, -0.1) is 0 Å². The molecule has 0 aromatic heterocycles. The minimum Gasteiger partial charge on any atom is -0.444 e. The van der Waals surface area contributed by atoms with Crippen LogP contribution in [0.4, 0.5) is 4.79 Å². The zero-order valence-corrected chi connectivity index (χ0v) is 11.7. The van der Waals surface area contributed by atoms with Crippen LogP contribution >= 0.6 is 0 Å². The number of rotatable bonds is 3. The van der Waals surface area contributed by atoms with Crippen LogP contribution in [0.5, 0.6) is 0 Å². The maximum absolute atomic E-state index is 11.6. The molecule has 2 N–H and O–H groups in total. The molecule has 0 bridgehead atoms. The Morgan fingerprint density at radius 2 is 1.82 bits per heavy atom. The molecule has 0 spiro atoms. The van der Waals surface area contributed by atoms with Crippen molar-refractivity contribution in [3.63, 3.8) is 0 Å². The molecule has 1 aliphatic rings. The second kappa shape index (κ2) is 5.71. The van der Waals surface area contributed by atoms with Gasteiger partial charge in [-0.2, -0.15) is 0 Å². The summed E-state index contributed by atoms with van der Waals surface area (Å²) in [6.07, 6.45) is 2.85. The van der Waals surface area contributed by atoms with Gasteiger partial charge in [-0.25, -0.2) is 4.79 Å². The maximum Gasteiger partial charge on any atom is 0.407 e. The fourth-order valence-corrected chi connectivity index (χ4v) is 2.21. The molecule has 4 heteroatoms. The molecule has 0 aromatic rings. The Hall–Kier alpha value is -0.770. The molecule has 17 heavy (non-hydrogen) atoms. The molecule has 1 aliphatic carbocycles. The van der Waals surface area contributed by atoms with E-state index in [9.17, 15) is 4.79 Å². The number of ether oxygens (including phenoxy) is 1. The van der Waals surface area contributed by atoms with Crippen LogP contribution in [0.3, 0.4) is 0 Å². The molecule has 1 saturated carbocycles. The first-order valence-electron chi connectivity index (χ1n) is 6.52. The fraction of sp³-hybridized carbons (Fsp3) is 0.923. The van der Waals surface area contributed by atoms with Crippen molar-refractivity contribution in [3.05, 3.63) is 0 Å². The van der Waals surface area contributed by atoms with Crippen molar-refractivity contribution in [3.8, 4) is 0 Å². The van der Waals surface area contributed by atoms with Crippen molar-refractivity contribution >= 4 is 6.09 Å². The van der Waals surface area contributed by atoms with Crippen LogP contribution in [0.1, 0.15) is 53.9 Å². The van der Waals surface area contributed by atoms with Crippen LogP contribution < -0.4 is 10.6 Å². The van der Waals surface area contributed by atoms with Crippen LogP contribution in [0, 0.1) is 0 Å². The molecule has 0 radical (unpaired) electrons. The average Bonchev–Trinajstić information content (AvgIpc) is 2.46. The third-order valence-electron chi connectivity index (χ3n) is 2.72. The van der Waals surface area contributed by atoms with E-state index in [2.05, 4.69) is 24.5 Å². The van der Waals surface area contributed by atoms with Gasteiger partial charge in [0, 0.05) is 18.1 Å². The molecule has 1 rings (SSSR count). The van der Waals surface area contributed by atoms with Gasteiger partial charge in [0.15, 0.2) is 0 Å². The second-order valence-corrected chi connectivity index (χ2v) is 6.17. The lowest BCUT2D eigenvalue weighted by molar-refractivity contribution is 0.0505. The Morgan fingerprint density at radius 1 is 1.24 bits per heavy atom. The summed E-state index contributed by atoms with van der Waals surface area (Å²) < 4.78 is 5.25. The lowest BCUT2D eigenvalue weighted by Gasteiger charge is -2.22. The first-order valence-corrected chi connectivity index (χ1v) is 6.52. The van der Waals surface area contributed by atoms with Gasteiger partial charge in [-0.05, 0) is 40.0 Å². The van der Waals surface area contributed by atoms with E-state index >= 15 is 0 Å². The molecule has 0 aliphatic heterocycles. The first-order chi connectivity index (χ1) is 7.76. The summed E-state index contributed by atoms with van der Waals surface area (Å²) in [6, 6.07) is 1.27. The normalized spacial score (nSPS) is 25.1. The highest BCUT2D eigenvalue weighted by Gasteiger charge is 2.27. The summed E-state index contributed by atoms with van der Waals surface area (Å²) in [7, 11) is 0. The average molecular weight is 242 g/mol. The zero-order chi connectivity index (χ0) is 13.1. The van der Waals surface area contributed by atoms with E-state index in [1.165, 1.54) is 0 Å². The summed E-state index contributed by atoms with van der Waals surface area (Å²) in [6.45, 7) is 9.93. The van der Waals surface area contributed by atoms with Gasteiger partial charge in [-0.3, -0.25) is 0 Å². The molecule has 0 saturated heterocycles. The van der Waals surface area contributed by atoms with Crippen molar-refractivity contribution < 1.29 is 9.53 Å². The van der Waals surface area contributed by atoms with Crippen molar-refractivity contribution in [1.82, 2.24) is 10.6 Å². The standard InChI is InChI=1S/C13H26N2O2/c1-9(2)14-10-6-7-11(8-10)15-12(16)17-13(3,4)5/h9-11,14H,6-8H2,1-5H3,(H,15,16)/t10-,11-/m0/s1. The lowest BCUT2D eigenvalue weighted by atomic mass is 10.2. The molecule has 0 heterocycles. The Bertz CT molecular complexity index is 259. The summed E-state index contributed by atoms with van der Waals surface area (Å²) in [5.74, 6) is 0. The Morgan fingerprint density at radius 3 is 2.35 bits per heavy atom. The quantitative estimate of drug-likeness (QED) is 0.799. The highest BCUT2D eigenvalue weighted by Crippen LogP contribution is 2.20. The number of carbonyl (C=O) groups excluding carboxylic acids is 1. The second-order valence-electron chi connectivity index (χ2n) is 6.17. The van der Waals surface area contributed by atoms with Gasteiger partial charge in [0.2, 0.25) is 0 Å². The van der Waals surface area contributed by atoms with Crippen LogP contribution in [0.15, 0.2) is 0 Å². The topological polar surface area (TPSA) is 50.4 Å². The lowest BCUT2D eigenvalue weighted by Crippen LogP contribution is -2.39. The van der Waals surface area contributed by atoms with Gasteiger partial charge in [0.25, 0.3) is 0 Å². The minimum absolute atomic E-state index is 0.251. The maximum atomic E-state index is 11.6. The van der Waals surface area contributed by atoms with E-state index < -0.39 is 5.60 Å². The Kier molecular flexibility index (Phi) is 4.80. The zero-order valence-electron chi connectivity index (χ0n) is 11.7. The van der Waals surface area contributed by atoms with Gasteiger partial charge in [0.1, 0.15) is 5.60 Å². The summed E-state index contributed by atoms with van der Waals surface area (Å²) in [5.41, 5.74) is -0.418. The summed E-state index contributed by atoms with van der Waals surface area (Å²) >= 11 is 0. The SMILES string of the molecule is CC(C)N[C@H]1CC[C@H](NC(=O)OC(C)(C)C)C1. The van der Waals surface area contributed by atoms with Gasteiger partial charge < -0.3 is 15.4 Å². The van der Waals surface area contributed by atoms with Crippen molar-refractivity contribution in [2.45, 2.75) is 77.6 Å². The van der Waals surface area contributed by atoms with E-state index in [1.54, 1.807) is 0 Å². The molecular formula is C13H26N2O2. The van der Waals surface area contributed by atoms with Crippen molar-refractivity contribution in [2.75, 3.05) is 0 Å². The summed E-state index contributed by atoms with van der Waals surface area (Å²) in [5, 5.41) is 6.44. The molecule has 1 fully saturated rings. The number of nitrogens with one attached hydrogen (secondary N) is 2. The van der Waals surface area contributed by atoms with E-state index in [4.69, 9.17) is 4.74 Å². The molecule has 4 nitrogen and oxygen atoms in total. The van der Waals surface area contributed by atoms with Crippen LogP contribution in [-0.4, -0.2) is 29.8 Å². The van der Waals surface area contributed by atoms with Crippen molar-refractivity contribution in [1.29, 1.82) is 0 Å². The molecule has 0 aromatic carbocycles. The van der Waals surface area contributed by atoms with Crippen LogP contribution in [0.2, 0.25) is 0 Å². The highest BCUT2D eigenvalue weighted by atomic mass is 16.6. The number of amides is 1. The predicted octanol–water partition coefficient (Wildman–Crippen LogP) is 2.43. The Balaban J connectivity index is 2.28. The number of hydrogen-bond acceptors (Lipinski definition) is 3. The fourth-order valence-electron chi connectivity index (χ4n) is 2.21. The van der Waals surface area contributed by atoms with Crippen molar-refractivity contribution in [2.24, 2.45) is 0 Å². The van der Waals surface area contributed by atoms with E-state index in [0.29, 0.717) is 12.1 Å². The predicted molar refractivity (Wildman–Crippen MR) is 69.1 cm³/mol. The van der Waals surface area contributed by atoms with Crippen LogP contribution in [-0.2, 0) is 4.74 Å². The smallest absolute Gasteiger partial charge is 0.407 e. The monoisotopic (exact) mass is 242 g/mol. The van der Waals surface area contributed by atoms with Gasteiger partial charge >= 0.3 is 6.09 Å². The Labute approximate surface area is 104 Å². The first kappa shape index (κ1) is 14.3. The molecule has 1 amide bonds. The summed E-state index contributed by atoms with van der Waals surface area (Å²) in [4.78, 5) is 11.6. The molecule has 0 unspecified atom stereocenters. The minimum atomic E-state index is -0.418. The number of alkyl carbamates (subject to hydrolysis) is 1. The highest BCUT2D eigenvalue weighted by molar-refractivity contribution is 5.68. The molecular weight excluding hydrogens is 216 g/mol. The third kappa shape index (κ3) is 5.91. The molecule has 100 valence electrons. The van der Waals surface area contributed by atoms with Gasteiger partial charge in [-0.1, -0.05) is 13.8 Å². The largest absolute Gasteiger partial charge is 0.444 e.